The van der Waals surface area contributed by atoms with Crippen LogP contribution in [-0.2, 0) is 5.41 Å². The third-order valence-electron chi connectivity index (χ3n) is 11.2. The molecule has 0 atom stereocenters. The van der Waals surface area contributed by atoms with Crippen LogP contribution < -0.4 is 8.79 Å². The van der Waals surface area contributed by atoms with Crippen molar-refractivity contribution in [3.8, 4) is 50.7 Å². The predicted molar refractivity (Wildman–Crippen MR) is 207 cm³/mol. The van der Waals surface area contributed by atoms with Crippen molar-refractivity contribution in [2.45, 2.75) is 30.8 Å². The van der Waals surface area contributed by atoms with Crippen molar-refractivity contribution in [3.63, 3.8) is 0 Å². The van der Waals surface area contributed by atoms with Crippen molar-refractivity contribution < 1.29 is 0 Å². The topological polar surface area (TPSA) is 30.7 Å². The monoisotopic (exact) mass is 691 g/mol. The average Bonchev–Trinajstić information content (AvgIpc) is 3.67. The van der Waals surface area contributed by atoms with Crippen molar-refractivity contribution >= 4 is 43.9 Å². The van der Waals surface area contributed by atoms with Gasteiger partial charge < -0.3 is 0 Å². The van der Waals surface area contributed by atoms with Gasteiger partial charge in [-0.2, -0.15) is 0 Å². The van der Waals surface area contributed by atoms with E-state index in [1.807, 2.05) is 6.07 Å². The molecule has 0 radical (unpaired) electrons. The standard InChI is InChI=1S/C45H35GeN3/c1-45(2)36-21-13-11-19-31(36)34-26-35-32-20-12-14-22-39(32)49(40(35)27-37(34)45)30-23-24-33-38(25-30)46(3,4)41-42(28-15-7-5-8-16-28)47-44(48-43(33)41)29-17-9-6-10-18-29/h5-27H,1-4H3. The summed E-state index contributed by atoms with van der Waals surface area (Å²) in [6.45, 7) is 4.74. The van der Waals surface area contributed by atoms with Crippen LogP contribution >= 0.6 is 0 Å². The summed E-state index contributed by atoms with van der Waals surface area (Å²) < 4.78 is 5.34. The average molecular weight is 690 g/mol. The van der Waals surface area contributed by atoms with Gasteiger partial charge in [0.05, 0.1) is 0 Å². The molecule has 0 fully saturated rings. The van der Waals surface area contributed by atoms with Crippen LogP contribution in [0, 0.1) is 0 Å². The Morgan fingerprint density at radius 3 is 2.00 bits per heavy atom. The Kier molecular flexibility index (Phi) is 5.94. The fourth-order valence-electron chi connectivity index (χ4n) is 8.74. The summed E-state index contributed by atoms with van der Waals surface area (Å²) in [5.41, 5.74) is 14.8. The molecule has 10 rings (SSSR count). The van der Waals surface area contributed by atoms with Gasteiger partial charge in [-0.15, -0.1) is 0 Å². The van der Waals surface area contributed by atoms with Crippen LogP contribution in [0.5, 0.6) is 0 Å². The summed E-state index contributed by atoms with van der Waals surface area (Å²) >= 11 is -2.90. The van der Waals surface area contributed by atoms with Gasteiger partial charge in [0.1, 0.15) is 0 Å². The Labute approximate surface area is 289 Å². The van der Waals surface area contributed by atoms with Crippen LogP contribution in [0.15, 0.2) is 140 Å². The molecule has 0 amide bonds. The van der Waals surface area contributed by atoms with Gasteiger partial charge in [-0.1, -0.05) is 0 Å². The number of hydrogen-bond acceptors (Lipinski definition) is 2. The van der Waals surface area contributed by atoms with E-state index < -0.39 is 13.3 Å². The SMILES string of the molecule is CC1(C)c2ccccc2-c2cc3c4ccccc4n(-c4ccc5[c](c4)[Ge]([CH3])([CH3])[c]4c(-c6ccccc6)nc(-c6ccccc6)nc4-5)c3cc21. The molecule has 4 heteroatoms. The van der Waals surface area contributed by atoms with Crippen LogP contribution in [0.25, 0.3) is 72.5 Å². The number of para-hydroxylation sites is 1. The van der Waals surface area contributed by atoms with E-state index in [4.69, 9.17) is 9.97 Å². The maximum absolute atomic E-state index is 5.34. The van der Waals surface area contributed by atoms with Crippen LogP contribution in [-0.4, -0.2) is 27.8 Å². The molecular weight excluding hydrogens is 655 g/mol. The molecule has 8 aromatic rings. The van der Waals surface area contributed by atoms with Gasteiger partial charge in [-0.25, -0.2) is 0 Å². The molecule has 0 saturated heterocycles. The van der Waals surface area contributed by atoms with Gasteiger partial charge in [-0.05, 0) is 0 Å². The van der Waals surface area contributed by atoms with Crippen LogP contribution in [0.4, 0.5) is 0 Å². The Bertz CT molecular complexity index is 2650. The summed E-state index contributed by atoms with van der Waals surface area (Å²) in [4.78, 5) is 10.7. The zero-order chi connectivity index (χ0) is 33.1. The van der Waals surface area contributed by atoms with Gasteiger partial charge in [-0.3, -0.25) is 0 Å². The molecular formula is C45H35GeN3. The van der Waals surface area contributed by atoms with E-state index in [1.165, 1.54) is 64.1 Å². The van der Waals surface area contributed by atoms with Gasteiger partial charge >= 0.3 is 291 Å². The van der Waals surface area contributed by atoms with E-state index in [1.54, 1.807) is 0 Å². The summed E-state index contributed by atoms with van der Waals surface area (Å²) in [6.07, 6.45) is 0. The number of hydrogen-bond donors (Lipinski definition) is 0. The molecule has 2 aliphatic rings. The van der Waals surface area contributed by atoms with Crippen molar-refractivity contribution in [1.29, 1.82) is 0 Å². The van der Waals surface area contributed by atoms with Crippen molar-refractivity contribution in [1.82, 2.24) is 14.5 Å². The molecule has 1 aliphatic carbocycles. The number of rotatable bonds is 3. The first-order valence-corrected chi connectivity index (χ1v) is 23.5. The molecule has 3 nitrogen and oxygen atoms in total. The van der Waals surface area contributed by atoms with Gasteiger partial charge in [0, 0.05) is 0 Å². The van der Waals surface area contributed by atoms with E-state index in [0.29, 0.717) is 0 Å². The molecule has 0 saturated carbocycles. The van der Waals surface area contributed by atoms with E-state index in [2.05, 4.69) is 163 Å². The quantitative estimate of drug-likeness (QED) is 0.173. The second-order valence-corrected chi connectivity index (χ2v) is 23.6. The van der Waals surface area contributed by atoms with Gasteiger partial charge in [0.25, 0.3) is 0 Å². The first kappa shape index (κ1) is 28.7. The third-order valence-corrected chi connectivity index (χ3v) is 18.5. The molecule has 1 aliphatic heterocycles. The van der Waals surface area contributed by atoms with Crippen LogP contribution in [0.3, 0.4) is 0 Å². The number of benzene rings is 6. The van der Waals surface area contributed by atoms with E-state index in [-0.39, 0.29) is 5.41 Å². The first-order valence-electron chi connectivity index (χ1n) is 17.2. The number of aromatic nitrogens is 3. The number of nitrogens with zero attached hydrogens (tertiary/aromatic N) is 3. The Morgan fingerprint density at radius 2 is 1.20 bits per heavy atom. The molecule has 6 aromatic carbocycles. The third kappa shape index (κ3) is 3.97. The van der Waals surface area contributed by atoms with E-state index in [0.717, 1.165) is 28.3 Å². The maximum atomic E-state index is 5.34. The number of fused-ring (bicyclic) bond motifs is 9. The second kappa shape index (κ2) is 10.1. The molecule has 49 heavy (non-hydrogen) atoms. The fourth-order valence-corrected chi connectivity index (χ4v) is 15.5. The zero-order valence-corrected chi connectivity index (χ0v) is 30.2. The minimum atomic E-state index is -2.90. The Morgan fingerprint density at radius 1 is 0.531 bits per heavy atom. The summed E-state index contributed by atoms with van der Waals surface area (Å²) in [5.74, 6) is 5.82. The Balaban J connectivity index is 1.22. The van der Waals surface area contributed by atoms with Crippen molar-refractivity contribution in [2.24, 2.45) is 0 Å². The molecule has 0 bridgehead atoms. The van der Waals surface area contributed by atoms with Gasteiger partial charge in [0.15, 0.2) is 0 Å². The zero-order valence-electron chi connectivity index (χ0n) is 28.1. The first-order chi connectivity index (χ1) is 23.8. The predicted octanol–water partition coefficient (Wildman–Crippen LogP) is 10.0. The molecule has 0 unspecified atom stereocenters. The second-order valence-electron chi connectivity index (χ2n) is 14.6. The van der Waals surface area contributed by atoms with Crippen molar-refractivity contribution in [2.75, 3.05) is 0 Å². The normalized spacial score (nSPS) is 14.9. The van der Waals surface area contributed by atoms with Crippen molar-refractivity contribution in [3.05, 3.63) is 151 Å². The molecule has 3 heterocycles. The summed E-state index contributed by atoms with van der Waals surface area (Å²) in [6, 6.07) is 51.0. The molecule has 0 spiro atoms. The van der Waals surface area contributed by atoms with E-state index >= 15 is 0 Å². The summed E-state index contributed by atoms with van der Waals surface area (Å²) in [5, 5.41) is 2.59. The van der Waals surface area contributed by atoms with Crippen LogP contribution in [0.2, 0.25) is 11.5 Å². The summed E-state index contributed by atoms with van der Waals surface area (Å²) in [7, 11) is 0. The van der Waals surface area contributed by atoms with Gasteiger partial charge in [0.2, 0.25) is 0 Å². The molecule has 2 aromatic heterocycles. The fraction of sp³-hybridized carbons (Fsp3) is 0.111. The molecule has 0 N–H and O–H groups in total. The molecule has 234 valence electrons. The van der Waals surface area contributed by atoms with E-state index in [9.17, 15) is 0 Å². The minimum absolute atomic E-state index is 0.0682. The van der Waals surface area contributed by atoms with Crippen LogP contribution in [0.1, 0.15) is 25.0 Å². The Hall–Kier alpha value is -5.26.